The fraction of sp³-hybridized carbons (Fsp3) is 0.200. The van der Waals surface area contributed by atoms with Crippen LogP contribution in [0.1, 0.15) is 11.3 Å². The molecule has 0 fully saturated rings. The highest BCUT2D eigenvalue weighted by Gasteiger charge is 2.24. The summed E-state index contributed by atoms with van der Waals surface area (Å²) in [6.07, 6.45) is 0.958. The fourth-order valence-electron chi connectivity index (χ4n) is 3.44. The van der Waals surface area contributed by atoms with E-state index in [1.165, 1.54) is 5.56 Å². The Bertz CT molecular complexity index is 1040. The molecule has 0 radical (unpaired) electrons. The fourth-order valence-corrected chi connectivity index (χ4v) is 3.73. The maximum Gasteiger partial charge on any atom is 0.295 e. The average Bonchev–Trinajstić information content (AvgIpc) is 3.18. The molecule has 26 heavy (non-hydrogen) atoms. The molecule has 0 saturated carbocycles. The lowest BCUT2D eigenvalue weighted by atomic mass is 10.2. The summed E-state index contributed by atoms with van der Waals surface area (Å²) >= 11 is 5.62. The number of nitrogens with one attached hydrogen (secondary N) is 1. The normalized spacial score (nSPS) is 12.9. The van der Waals surface area contributed by atoms with Crippen LogP contribution in [0.4, 0.5) is 11.4 Å². The maximum absolute atomic E-state index is 13.0. The maximum atomic E-state index is 13.0. The van der Waals surface area contributed by atoms with Crippen molar-refractivity contribution < 1.29 is 0 Å². The quantitative estimate of drug-likeness (QED) is 0.709. The molecule has 0 unspecified atom stereocenters. The van der Waals surface area contributed by atoms with Gasteiger partial charge in [-0.25, -0.2) is 4.68 Å². The van der Waals surface area contributed by atoms with Gasteiger partial charge in [0.25, 0.3) is 5.56 Å². The van der Waals surface area contributed by atoms with Crippen molar-refractivity contribution in [3.05, 3.63) is 76.2 Å². The third-order valence-corrected chi connectivity index (χ3v) is 5.24. The first-order valence-corrected chi connectivity index (χ1v) is 8.99. The zero-order valence-electron chi connectivity index (χ0n) is 14.8. The van der Waals surface area contributed by atoms with Crippen LogP contribution in [-0.2, 0) is 13.5 Å². The van der Waals surface area contributed by atoms with Gasteiger partial charge in [0.05, 0.1) is 11.4 Å². The molecule has 1 aliphatic rings. The van der Waals surface area contributed by atoms with Crippen LogP contribution in [0.15, 0.2) is 59.4 Å². The van der Waals surface area contributed by atoms with Crippen LogP contribution in [-0.4, -0.2) is 21.0 Å². The number of benzene rings is 2. The standard InChI is InChI=1S/C20H20N4OS/c1-14-18(19(25)24(22(14)2)16-9-4-3-5-10-16)21-20(26)23-13-12-15-8-6-7-11-17(15)23/h3-11H,12-13H2,1-2H3,(H,21,26). The highest BCUT2D eigenvalue weighted by atomic mass is 32.1. The Hall–Kier alpha value is -2.86. The molecule has 3 aromatic rings. The molecule has 0 spiro atoms. The molecule has 6 heteroatoms. The van der Waals surface area contributed by atoms with E-state index in [9.17, 15) is 4.79 Å². The Labute approximate surface area is 157 Å². The molecule has 2 aromatic carbocycles. The van der Waals surface area contributed by atoms with E-state index in [1.54, 1.807) is 4.68 Å². The minimum atomic E-state index is -0.106. The van der Waals surface area contributed by atoms with Crippen molar-refractivity contribution in [3.63, 3.8) is 0 Å². The zero-order chi connectivity index (χ0) is 18.3. The summed E-state index contributed by atoms with van der Waals surface area (Å²) in [6.45, 7) is 2.74. The molecule has 2 heterocycles. The van der Waals surface area contributed by atoms with Crippen LogP contribution >= 0.6 is 12.2 Å². The molecule has 0 saturated heterocycles. The first-order valence-electron chi connectivity index (χ1n) is 8.58. The van der Waals surface area contributed by atoms with E-state index in [-0.39, 0.29) is 5.56 Å². The van der Waals surface area contributed by atoms with Crippen LogP contribution < -0.4 is 15.8 Å². The topological polar surface area (TPSA) is 42.2 Å². The Morgan fingerprint density at radius 3 is 2.54 bits per heavy atom. The van der Waals surface area contributed by atoms with Gasteiger partial charge in [0.15, 0.2) is 5.11 Å². The molecule has 5 nitrogen and oxygen atoms in total. The number of para-hydroxylation sites is 2. The molecule has 1 N–H and O–H groups in total. The highest BCUT2D eigenvalue weighted by Crippen LogP contribution is 2.28. The van der Waals surface area contributed by atoms with Gasteiger partial charge < -0.3 is 10.2 Å². The number of nitrogens with zero attached hydrogens (tertiary/aromatic N) is 3. The average molecular weight is 364 g/mol. The first kappa shape index (κ1) is 16.6. The van der Waals surface area contributed by atoms with Gasteiger partial charge in [-0.2, -0.15) is 0 Å². The molecule has 0 aliphatic carbocycles. The van der Waals surface area contributed by atoms with E-state index in [2.05, 4.69) is 22.3 Å². The molecule has 0 bridgehead atoms. The second kappa shape index (κ2) is 6.46. The van der Waals surface area contributed by atoms with Gasteiger partial charge in [-0.3, -0.25) is 9.48 Å². The van der Waals surface area contributed by atoms with Crippen LogP contribution in [0.5, 0.6) is 0 Å². The summed E-state index contributed by atoms with van der Waals surface area (Å²) in [5, 5.41) is 3.75. The van der Waals surface area contributed by atoms with Gasteiger partial charge in [-0.05, 0) is 49.3 Å². The Kier molecular flexibility index (Phi) is 4.12. The summed E-state index contributed by atoms with van der Waals surface area (Å²) in [5.74, 6) is 0. The summed E-state index contributed by atoms with van der Waals surface area (Å²) in [4.78, 5) is 15.1. The van der Waals surface area contributed by atoms with E-state index >= 15 is 0 Å². The Balaban J connectivity index is 1.68. The molecule has 4 rings (SSSR count). The second-order valence-electron chi connectivity index (χ2n) is 6.40. The lowest BCUT2D eigenvalue weighted by molar-refractivity contribution is 0.630. The van der Waals surface area contributed by atoms with Gasteiger partial charge in [-0.15, -0.1) is 0 Å². The SMILES string of the molecule is Cc1c(NC(=S)N2CCc3ccccc32)c(=O)n(-c2ccccc2)n1C. The van der Waals surface area contributed by atoms with Gasteiger partial charge >= 0.3 is 0 Å². The van der Waals surface area contributed by atoms with Crippen molar-refractivity contribution in [1.29, 1.82) is 0 Å². The van der Waals surface area contributed by atoms with E-state index in [4.69, 9.17) is 12.2 Å². The van der Waals surface area contributed by atoms with Crippen LogP contribution in [0, 0.1) is 6.92 Å². The van der Waals surface area contributed by atoms with Crippen molar-refractivity contribution >= 4 is 28.7 Å². The van der Waals surface area contributed by atoms with E-state index < -0.39 is 0 Å². The Morgan fingerprint density at radius 2 is 1.77 bits per heavy atom. The summed E-state index contributed by atoms with van der Waals surface area (Å²) < 4.78 is 3.50. The number of hydrogen-bond acceptors (Lipinski definition) is 2. The molecule has 132 valence electrons. The predicted molar refractivity (Wildman–Crippen MR) is 109 cm³/mol. The summed E-state index contributed by atoms with van der Waals surface area (Å²) in [5.41, 5.74) is 4.48. The van der Waals surface area contributed by atoms with Gasteiger partial charge in [0.2, 0.25) is 0 Å². The third-order valence-electron chi connectivity index (χ3n) is 4.92. The predicted octanol–water partition coefficient (Wildman–Crippen LogP) is 3.24. The Morgan fingerprint density at radius 1 is 1.08 bits per heavy atom. The van der Waals surface area contributed by atoms with Gasteiger partial charge in [-0.1, -0.05) is 36.4 Å². The second-order valence-corrected chi connectivity index (χ2v) is 6.78. The van der Waals surface area contributed by atoms with Crippen LogP contribution in [0.3, 0.4) is 0 Å². The molecule has 1 aromatic heterocycles. The van der Waals surface area contributed by atoms with E-state index in [0.717, 1.165) is 30.0 Å². The lowest BCUT2D eigenvalue weighted by Gasteiger charge is -2.20. The highest BCUT2D eigenvalue weighted by molar-refractivity contribution is 7.80. The summed E-state index contributed by atoms with van der Waals surface area (Å²) in [7, 11) is 1.88. The van der Waals surface area contributed by atoms with Gasteiger partial charge in [0, 0.05) is 19.3 Å². The van der Waals surface area contributed by atoms with E-state index in [0.29, 0.717) is 10.8 Å². The van der Waals surface area contributed by atoms with Crippen molar-refractivity contribution in [2.24, 2.45) is 7.05 Å². The van der Waals surface area contributed by atoms with Crippen molar-refractivity contribution in [2.45, 2.75) is 13.3 Å². The number of fused-ring (bicyclic) bond motifs is 1. The van der Waals surface area contributed by atoms with Crippen molar-refractivity contribution in [2.75, 3.05) is 16.8 Å². The van der Waals surface area contributed by atoms with Gasteiger partial charge in [0.1, 0.15) is 5.69 Å². The van der Waals surface area contributed by atoms with Crippen molar-refractivity contribution in [3.8, 4) is 5.69 Å². The third kappa shape index (κ3) is 2.63. The van der Waals surface area contributed by atoms with Crippen LogP contribution in [0.2, 0.25) is 0 Å². The molecular formula is C20H20N4OS. The molecule has 1 aliphatic heterocycles. The van der Waals surface area contributed by atoms with Crippen LogP contribution in [0.25, 0.3) is 5.69 Å². The minimum Gasteiger partial charge on any atom is -0.326 e. The summed E-state index contributed by atoms with van der Waals surface area (Å²) in [6, 6.07) is 17.8. The monoisotopic (exact) mass is 364 g/mol. The number of aromatic nitrogens is 2. The van der Waals surface area contributed by atoms with E-state index in [1.807, 2.05) is 61.1 Å². The number of thiocarbonyl (C=S) groups is 1. The smallest absolute Gasteiger partial charge is 0.295 e. The number of hydrogen-bond donors (Lipinski definition) is 1. The lowest BCUT2D eigenvalue weighted by Crippen LogP contribution is -2.34. The minimum absolute atomic E-state index is 0.106. The molecule has 0 atom stereocenters. The number of rotatable bonds is 2. The molecular weight excluding hydrogens is 344 g/mol. The largest absolute Gasteiger partial charge is 0.326 e. The van der Waals surface area contributed by atoms with Crippen molar-refractivity contribution in [1.82, 2.24) is 9.36 Å². The number of anilines is 2. The zero-order valence-corrected chi connectivity index (χ0v) is 15.6. The molecule has 0 amide bonds. The first-order chi connectivity index (χ1) is 12.6.